The van der Waals surface area contributed by atoms with Crippen molar-refractivity contribution in [2.24, 2.45) is 10.8 Å². The van der Waals surface area contributed by atoms with Crippen molar-refractivity contribution in [1.82, 2.24) is 5.43 Å². The van der Waals surface area contributed by atoms with Crippen molar-refractivity contribution in [3.8, 4) is 0 Å². The third kappa shape index (κ3) is 1.16. The Bertz CT molecular complexity index is 374. The Morgan fingerprint density at radius 2 is 2.14 bits per heavy atom. The molecule has 2 rings (SSSR count). The van der Waals surface area contributed by atoms with Crippen molar-refractivity contribution in [2.75, 3.05) is 6.54 Å². The summed E-state index contributed by atoms with van der Waals surface area (Å²) in [5, 5.41) is 3.86. The molecule has 1 aromatic carbocycles. The quantitative estimate of drug-likeness (QED) is 0.687. The molecule has 14 heavy (non-hydrogen) atoms. The lowest BCUT2D eigenvalue weighted by atomic mass is 9.81. The average Bonchev–Trinajstić information content (AvgIpc) is 2.69. The molecule has 72 valence electrons. The molecule has 0 radical (unpaired) electrons. The molecule has 0 spiro atoms. The van der Waals surface area contributed by atoms with E-state index < -0.39 is 5.41 Å². The van der Waals surface area contributed by atoms with Crippen molar-refractivity contribution in [1.29, 1.82) is 0 Å². The number of carbonyl (C=O) groups is 1. The Labute approximate surface area is 81.8 Å². The molecule has 0 aliphatic carbocycles. The van der Waals surface area contributed by atoms with Crippen molar-refractivity contribution >= 4 is 12.1 Å². The first-order valence-corrected chi connectivity index (χ1v) is 4.38. The minimum Gasteiger partial charge on any atom is -0.369 e. The number of benzene rings is 1. The number of nitrogens with two attached hydrogens (primary N) is 1. The van der Waals surface area contributed by atoms with Crippen molar-refractivity contribution < 1.29 is 4.79 Å². The van der Waals surface area contributed by atoms with Crippen LogP contribution >= 0.6 is 0 Å². The molecule has 0 fully saturated rings. The van der Waals surface area contributed by atoms with E-state index in [0.29, 0.717) is 6.54 Å². The highest BCUT2D eigenvalue weighted by Crippen LogP contribution is 2.23. The molecule has 1 unspecified atom stereocenters. The summed E-state index contributed by atoms with van der Waals surface area (Å²) in [6, 6.07) is 9.42. The van der Waals surface area contributed by atoms with E-state index in [2.05, 4.69) is 10.5 Å². The molecule has 1 aromatic rings. The van der Waals surface area contributed by atoms with Gasteiger partial charge >= 0.3 is 0 Å². The Balaban J connectivity index is 2.47. The molecule has 0 aromatic heterocycles. The summed E-state index contributed by atoms with van der Waals surface area (Å²) in [6.07, 6.45) is 1.57. The number of hydrazone groups is 1. The standard InChI is InChI=1S/C10H11N3O/c11-9(14)10(6-12-13-7-10)8-4-2-1-3-5-8/h1-6,13H,7H2,(H2,11,14). The van der Waals surface area contributed by atoms with Gasteiger partial charge in [-0.1, -0.05) is 30.3 Å². The lowest BCUT2D eigenvalue weighted by molar-refractivity contribution is -0.120. The van der Waals surface area contributed by atoms with Crippen LogP contribution in [0.5, 0.6) is 0 Å². The molecule has 1 aliphatic rings. The molecule has 3 N–H and O–H groups in total. The minimum atomic E-state index is -0.777. The zero-order chi connectivity index (χ0) is 10.0. The van der Waals surface area contributed by atoms with Gasteiger partial charge < -0.3 is 11.2 Å². The molecule has 1 amide bonds. The number of hydrogen-bond donors (Lipinski definition) is 2. The highest BCUT2D eigenvalue weighted by atomic mass is 16.1. The van der Waals surface area contributed by atoms with Crippen LogP contribution in [0.4, 0.5) is 0 Å². The van der Waals surface area contributed by atoms with Crippen molar-refractivity contribution in [3.05, 3.63) is 35.9 Å². The second kappa shape index (κ2) is 3.14. The number of rotatable bonds is 2. The molecular formula is C10H11N3O. The van der Waals surface area contributed by atoms with E-state index >= 15 is 0 Å². The predicted octanol–water partition coefficient (Wildman–Crippen LogP) is -0.00130. The SMILES string of the molecule is NC(=O)C1(c2ccccc2)C=NNC1. The zero-order valence-electron chi connectivity index (χ0n) is 7.60. The van der Waals surface area contributed by atoms with Crippen LogP contribution in [0.2, 0.25) is 0 Å². The van der Waals surface area contributed by atoms with E-state index in [9.17, 15) is 4.79 Å². The fraction of sp³-hybridized carbons (Fsp3) is 0.200. The molecular weight excluding hydrogens is 178 g/mol. The van der Waals surface area contributed by atoms with Gasteiger partial charge in [-0.2, -0.15) is 5.10 Å². The van der Waals surface area contributed by atoms with Gasteiger partial charge in [0.1, 0.15) is 5.41 Å². The molecule has 0 bridgehead atoms. The highest BCUT2D eigenvalue weighted by molar-refractivity contribution is 6.05. The van der Waals surface area contributed by atoms with E-state index in [0.717, 1.165) is 5.56 Å². The molecule has 1 atom stereocenters. The van der Waals surface area contributed by atoms with Crippen molar-refractivity contribution in [2.45, 2.75) is 5.41 Å². The van der Waals surface area contributed by atoms with Gasteiger partial charge in [0.25, 0.3) is 0 Å². The van der Waals surface area contributed by atoms with Gasteiger partial charge in [0.05, 0.1) is 6.54 Å². The molecule has 1 heterocycles. The van der Waals surface area contributed by atoms with Gasteiger partial charge in [-0.3, -0.25) is 4.79 Å². The summed E-state index contributed by atoms with van der Waals surface area (Å²) < 4.78 is 0. The maximum Gasteiger partial charge on any atom is 0.235 e. The zero-order valence-corrected chi connectivity index (χ0v) is 7.60. The van der Waals surface area contributed by atoms with E-state index in [1.54, 1.807) is 6.21 Å². The summed E-state index contributed by atoms with van der Waals surface area (Å²) in [5.41, 5.74) is 8.26. The monoisotopic (exact) mass is 189 g/mol. The topological polar surface area (TPSA) is 67.5 Å². The normalized spacial score (nSPS) is 24.6. The minimum absolute atomic E-state index is 0.377. The predicted molar refractivity (Wildman–Crippen MR) is 53.8 cm³/mol. The first-order valence-electron chi connectivity index (χ1n) is 4.38. The van der Waals surface area contributed by atoms with Crippen LogP contribution < -0.4 is 11.2 Å². The average molecular weight is 189 g/mol. The van der Waals surface area contributed by atoms with Crippen LogP contribution in [0.15, 0.2) is 35.4 Å². The Hall–Kier alpha value is -1.84. The van der Waals surface area contributed by atoms with Crippen LogP contribution in [0.1, 0.15) is 5.56 Å². The number of primary amides is 1. The van der Waals surface area contributed by atoms with Gasteiger partial charge in [0.15, 0.2) is 0 Å². The third-order valence-electron chi connectivity index (χ3n) is 2.46. The Morgan fingerprint density at radius 3 is 2.64 bits per heavy atom. The van der Waals surface area contributed by atoms with E-state index in [1.165, 1.54) is 0 Å². The maximum absolute atomic E-state index is 11.4. The number of carbonyl (C=O) groups excluding carboxylic acids is 1. The van der Waals surface area contributed by atoms with Crippen LogP contribution in [-0.2, 0) is 10.2 Å². The van der Waals surface area contributed by atoms with E-state index in [-0.39, 0.29) is 5.91 Å². The van der Waals surface area contributed by atoms with Crippen LogP contribution in [0, 0.1) is 0 Å². The number of hydrogen-bond acceptors (Lipinski definition) is 3. The van der Waals surface area contributed by atoms with E-state index in [4.69, 9.17) is 5.73 Å². The largest absolute Gasteiger partial charge is 0.369 e. The summed E-state index contributed by atoms with van der Waals surface area (Å²) >= 11 is 0. The molecule has 1 aliphatic heterocycles. The summed E-state index contributed by atoms with van der Waals surface area (Å²) in [7, 11) is 0. The first kappa shape index (κ1) is 8.74. The Kier molecular flexibility index (Phi) is 1.96. The number of nitrogens with zero attached hydrogens (tertiary/aromatic N) is 1. The third-order valence-corrected chi connectivity index (χ3v) is 2.46. The highest BCUT2D eigenvalue weighted by Gasteiger charge is 2.39. The molecule has 4 nitrogen and oxygen atoms in total. The first-order chi connectivity index (χ1) is 6.76. The van der Waals surface area contributed by atoms with Gasteiger partial charge in [-0.15, -0.1) is 0 Å². The summed E-state index contributed by atoms with van der Waals surface area (Å²) in [5.74, 6) is -0.377. The van der Waals surface area contributed by atoms with Crippen LogP contribution in [-0.4, -0.2) is 18.7 Å². The smallest absolute Gasteiger partial charge is 0.235 e. The fourth-order valence-electron chi connectivity index (χ4n) is 1.58. The maximum atomic E-state index is 11.4. The van der Waals surface area contributed by atoms with Gasteiger partial charge in [-0.25, -0.2) is 0 Å². The number of nitrogens with one attached hydrogen (secondary N) is 1. The summed E-state index contributed by atoms with van der Waals surface area (Å²) in [4.78, 5) is 11.4. The molecule has 4 heteroatoms. The molecule has 0 saturated heterocycles. The van der Waals surface area contributed by atoms with E-state index in [1.807, 2.05) is 30.3 Å². The van der Waals surface area contributed by atoms with Crippen LogP contribution in [0.3, 0.4) is 0 Å². The van der Waals surface area contributed by atoms with Gasteiger partial charge in [0, 0.05) is 6.21 Å². The van der Waals surface area contributed by atoms with Crippen molar-refractivity contribution in [3.63, 3.8) is 0 Å². The fourth-order valence-corrected chi connectivity index (χ4v) is 1.58. The second-order valence-corrected chi connectivity index (χ2v) is 3.29. The lowest BCUT2D eigenvalue weighted by Gasteiger charge is -2.21. The number of amides is 1. The second-order valence-electron chi connectivity index (χ2n) is 3.29. The lowest BCUT2D eigenvalue weighted by Crippen LogP contribution is -2.45. The van der Waals surface area contributed by atoms with Crippen LogP contribution in [0.25, 0.3) is 0 Å². The van der Waals surface area contributed by atoms with Gasteiger partial charge in [0.2, 0.25) is 5.91 Å². The summed E-state index contributed by atoms with van der Waals surface area (Å²) in [6.45, 7) is 0.437. The molecule has 0 saturated carbocycles. The Morgan fingerprint density at radius 1 is 1.43 bits per heavy atom. The van der Waals surface area contributed by atoms with Gasteiger partial charge in [-0.05, 0) is 5.56 Å².